The SMILES string of the molecule is C=CCOc1ccc(C(C)(C)CCCc2cccc(Oc3ccccc3)c2)cc1. The van der Waals surface area contributed by atoms with Crippen LogP contribution in [-0.4, -0.2) is 6.61 Å². The van der Waals surface area contributed by atoms with Crippen LogP contribution in [0.5, 0.6) is 17.2 Å². The Morgan fingerprint density at radius 3 is 2.28 bits per heavy atom. The largest absolute Gasteiger partial charge is 0.490 e. The molecule has 0 amide bonds. The van der Waals surface area contributed by atoms with E-state index < -0.39 is 0 Å². The van der Waals surface area contributed by atoms with E-state index in [9.17, 15) is 0 Å². The van der Waals surface area contributed by atoms with Crippen molar-refractivity contribution in [3.05, 3.63) is 103 Å². The van der Waals surface area contributed by atoms with E-state index in [1.54, 1.807) is 6.08 Å². The third kappa shape index (κ3) is 6.25. The lowest BCUT2D eigenvalue weighted by atomic mass is 9.80. The van der Waals surface area contributed by atoms with Crippen LogP contribution < -0.4 is 9.47 Å². The molecule has 0 spiro atoms. The Bertz CT molecular complexity index is 895. The summed E-state index contributed by atoms with van der Waals surface area (Å²) in [4.78, 5) is 0. The molecule has 3 aromatic carbocycles. The molecule has 29 heavy (non-hydrogen) atoms. The van der Waals surface area contributed by atoms with E-state index in [1.807, 2.05) is 48.5 Å². The van der Waals surface area contributed by atoms with Crippen LogP contribution in [0.4, 0.5) is 0 Å². The van der Waals surface area contributed by atoms with Crippen LogP contribution in [-0.2, 0) is 11.8 Å². The number of hydrogen-bond acceptors (Lipinski definition) is 2. The van der Waals surface area contributed by atoms with Gasteiger partial charge in [-0.05, 0) is 72.2 Å². The van der Waals surface area contributed by atoms with Crippen molar-refractivity contribution in [1.29, 1.82) is 0 Å². The highest BCUT2D eigenvalue weighted by atomic mass is 16.5. The van der Waals surface area contributed by atoms with Crippen molar-refractivity contribution in [2.24, 2.45) is 0 Å². The van der Waals surface area contributed by atoms with E-state index in [0.29, 0.717) is 6.61 Å². The lowest BCUT2D eigenvalue weighted by Gasteiger charge is -2.25. The third-order valence-corrected chi connectivity index (χ3v) is 5.15. The minimum atomic E-state index is 0.120. The highest BCUT2D eigenvalue weighted by molar-refractivity contribution is 5.34. The molecule has 0 aliphatic carbocycles. The zero-order valence-electron chi connectivity index (χ0n) is 17.4. The van der Waals surface area contributed by atoms with E-state index in [4.69, 9.17) is 9.47 Å². The van der Waals surface area contributed by atoms with E-state index >= 15 is 0 Å². The summed E-state index contributed by atoms with van der Waals surface area (Å²) in [5, 5.41) is 0. The molecule has 2 nitrogen and oxygen atoms in total. The highest BCUT2D eigenvalue weighted by Gasteiger charge is 2.20. The summed E-state index contributed by atoms with van der Waals surface area (Å²) in [6.07, 6.45) is 5.04. The van der Waals surface area contributed by atoms with Gasteiger partial charge in [0, 0.05) is 0 Å². The second kappa shape index (κ2) is 9.97. The molecule has 0 fully saturated rings. The summed E-state index contributed by atoms with van der Waals surface area (Å²) >= 11 is 0. The molecule has 2 heteroatoms. The molecule has 0 aliphatic rings. The van der Waals surface area contributed by atoms with E-state index in [1.165, 1.54) is 11.1 Å². The molecule has 0 saturated carbocycles. The predicted molar refractivity (Wildman–Crippen MR) is 121 cm³/mol. The van der Waals surface area contributed by atoms with E-state index in [0.717, 1.165) is 36.5 Å². The lowest BCUT2D eigenvalue weighted by Crippen LogP contribution is -2.17. The first-order chi connectivity index (χ1) is 14.1. The molecule has 0 bridgehead atoms. The zero-order valence-corrected chi connectivity index (χ0v) is 17.4. The van der Waals surface area contributed by atoms with Gasteiger partial charge >= 0.3 is 0 Å². The fourth-order valence-corrected chi connectivity index (χ4v) is 3.43. The Hall–Kier alpha value is -3.00. The number of rotatable bonds is 10. The second-order valence-electron chi connectivity index (χ2n) is 7.92. The summed E-state index contributed by atoms with van der Waals surface area (Å²) in [6, 6.07) is 26.8. The fraction of sp³-hybridized carbons (Fsp3) is 0.259. The molecule has 3 aromatic rings. The number of benzene rings is 3. The molecule has 0 atom stereocenters. The van der Waals surface area contributed by atoms with Crippen molar-refractivity contribution < 1.29 is 9.47 Å². The van der Waals surface area contributed by atoms with E-state index in [-0.39, 0.29) is 5.41 Å². The minimum Gasteiger partial charge on any atom is -0.490 e. The van der Waals surface area contributed by atoms with Crippen LogP contribution in [0.3, 0.4) is 0 Å². The Morgan fingerprint density at radius 1 is 0.828 bits per heavy atom. The molecule has 0 radical (unpaired) electrons. The van der Waals surface area contributed by atoms with Crippen molar-refractivity contribution in [3.8, 4) is 17.2 Å². The van der Waals surface area contributed by atoms with Gasteiger partial charge in [0.2, 0.25) is 0 Å². The van der Waals surface area contributed by atoms with Gasteiger partial charge in [-0.15, -0.1) is 0 Å². The molecule has 0 heterocycles. The van der Waals surface area contributed by atoms with Crippen LogP contribution in [0.25, 0.3) is 0 Å². The molecule has 3 rings (SSSR count). The van der Waals surface area contributed by atoms with Gasteiger partial charge in [-0.3, -0.25) is 0 Å². The van der Waals surface area contributed by atoms with Gasteiger partial charge in [-0.25, -0.2) is 0 Å². The first-order valence-electron chi connectivity index (χ1n) is 10.2. The molecule has 0 unspecified atom stereocenters. The van der Waals surface area contributed by atoms with Crippen molar-refractivity contribution >= 4 is 0 Å². The molecule has 0 aromatic heterocycles. The molecular formula is C27H30O2. The van der Waals surface area contributed by atoms with Gasteiger partial charge in [0.15, 0.2) is 0 Å². The average Bonchev–Trinajstić information content (AvgIpc) is 2.73. The van der Waals surface area contributed by atoms with Gasteiger partial charge in [0.25, 0.3) is 0 Å². The summed E-state index contributed by atoms with van der Waals surface area (Å²) in [6.45, 7) is 8.84. The fourth-order valence-electron chi connectivity index (χ4n) is 3.43. The monoisotopic (exact) mass is 386 g/mol. The van der Waals surface area contributed by atoms with E-state index in [2.05, 4.69) is 50.8 Å². The second-order valence-corrected chi connectivity index (χ2v) is 7.92. The van der Waals surface area contributed by atoms with Gasteiger partial charge in [0.05, 0.1) is 0 Å². The standard InChI is InChI=1S/C27H30O2/c1-4-20-28-24-17-15-23(16-18-24)27(2,3)19-9-11-22-10-8-14-26(21-22)29-25-12-6-5-7-13-25/h4-8,10,12-18,21H,1,9,11,19-20H2,2-3H3. The first-order valence-corrected chi connectivity index (χ1v) is 10.2. The molecule has 0 N–H and O–H groups in total. The number of hydrogen-bond donors (Lipinski definition) is 0. The minimum absolute atomic E-state index is 0.120. The summed E-state index contributed by atoms with van der Waals surface area (Å²) in [5.74, 6) is 2.65. The van der Waals surface area contributed by atoms with Gasteiger partial charge < -0.3 is 9.47 Å². The van der Waals surface area contributed by atoms with Gasteiger partial charge in [-0.2, -0.15) is 0 Å². The topological polar surface area (TPSA) is 18.5 Å². The first kappa shape index (κ1) is 20.7. The molecule has 0 aliphatic heterocycles. The Morgan fingerprint density at radius 2 is 1.55 bits per heavy atom. The van der Waals surface area contributed by atoms with Crippen molar-refractivity contribution in [2.45, 2.75) is 38.5 Å². The zero-order chi connectivity index (χ0) is 20.5. The maximum Gasteiger partial charge on any atom is 0.127 e. The Kier molecular flexibility index (Phi) is 7.13. The smallest absolute Gasteiger partial charge is 0.127 e. The van der Waals surface area contributed by atoms with Gasteiger partial charge in [0.1, 0.15) is 23.9 Å². The highest BCUT2D eigenvalue weighted by Crippen LogP contribution is 2.31. The van der Waals surface area contributed by atoms with Crippen molar-refractivity contribution in [3.63, 3.8) is 0 Å². The van der Waals surface area contributed by atoms with Gasteiger partial charge in [-0.1, -0.05) is 69.0 Å². The predicted octanol–water partition coefficient (Wildman–Crippen LogP) is 7.34. The number of aryl methyl sites for hydroxylation is 1. The van der Waals surface area contributed by atoms with Crippen molar-refractivity contribution in [1.82, 2.24) is 0 Å². The number of para-hydroxylation sites is 1. The lowest BCUT2D eigenvalue weighted by molar-refractivity contribution is 0.362. The molecule has 0 saturated heterocycles. The quantitative estimate of drug-likeness (QED) is 0.339. The van der Waals surface area contributed by atoms with Crippen LogP contribution >= 0.6 is 0 Å². The van der Waals surface area contributed by atoms with Crippen LogP contribution in [0.2, 0.25) is 0 Å². The maximum atomic E-state index is 5.96. The number of ether oxygens (including phenoxy) is 2. The van der Waals surface area contributed by atoms with Crippen LogP contribution in [0.1, 0.15) is 37.8 Å². The maximum absolute atomic E-state index is 5.96. The third-order valence-electron chi connectivity index (χ3n) is 5.15. The van der Waals surface area contributed by atoms with Crippen LogP contribution in [0.15, 0.2) is 91.5 Å². The molecule has 150 valence electrons. The van der Waals surface area contributed by atoms with Crippen molar-refractivity contribution in [2.75, 3.05) is 6.61 Å². The Balaban J connectivity index is 1.54. The van der Waals surface area contributed by atoms with Crippen LogP contribution in [0, 0.1) is 0 Å². The Labute approximate surface area is 174 Å². The summed E-state index contributed by atoms with van der Waals surface area (Å²) < 4.78 is 11.5. The average molecular weight is 387 g/mol. The summed E-state index contributed by atoms with van der Waals surface area (Å²) in [7, 11) is 0. The molecular weight excluding hydrogens is 356 g/mol. The summed E-state index contributed by atoms with van der Waals surface area (Å²) in [5.41, 5.74) is 2.77. The normalized spacial score (nSPS) is 11.1.